The first-order chi connectivity index (χ1) is 33.0. The van der Waals surface area contributed by atoms with Crippen LogP contribution in [-0.2, 0) is 71.3 Å². The average Bonchev–Trinajstić information content (AvgIpc) is 3.31. The summed E-state index contributed by atoms with van der Waals surface area (Å²) in [6.07, 6.45) is -9.27. The number of esters is 5. The molecule has 19 heteroatoms. The second-order valence-corrected chi connectivity index (χ2v) is 19.2. The lowest BCUT2D eigenvalue weighted by atomic mass is 9.69. The van der Waals surface area contributed by atoms with E-state index in [1.807, 2.05) is 34.6 Å². The van der Waals surface area contributed by atoms with E-state index in [1.54, 1.807) is 74.5 Å². The van der Waals surface area contributed by atoms with E-state index in [4.69, 9.17) is 57.5 Å². The minimum atomic E-state index is -2.21. The van der Waals surface area contributed by atoms with Crippen molar-refractivity contribution in [1.29, 1.82) is 5.41 Å². The Morgan fingerprint density at radius 1 is 0.771 bits per heavy atom. The van der Waals surface area contributed by atoms with Crippen molar-refractivity contribution >= 4 is 41.7 Å². The molecule has 5 unspecified atom stereocenters. The van der Waals surface area contributed by atoms with Crippen LogP contribution in [0.15, 0.2) is 60.7 Å². The van der Waals surface area contributed by atoms with Gasteiger partial charge in [0.15, 0.2) is 12.2 Å². The predicted octanol–water partition coefficient (Wildman–Crippen LogP) is 5.80. The van der Waals surface area contributed by atoms with E-state index in [1.165, 1.54) is 34.8 Å². The SMILES string of the molecule is COC(=O)[C@@]1(O[C@@H]2[C@H](C)C(OC(C)=N)OC(COC(=O)c3ccccc3)[C@@H]2O[C@@H]2OC(COC(=O)c3ccccc3)C(C)(C)[C@H](C)C2NC(C)=O)CC(C)[C@@H](C)[C@H]([C@H](C)[C@@H](COC(C)=O)OC(C)=O)O1. The molecule has 0 radical (unpaired) electrons. The number of carbonyl (C=O) groups is 6. The molecule has 0 aliphatic carbocycles. The van der Waals surface area contributed by atoms with Crippen LogP contribution in [0.4, 0.5) is 0 Å². The van der Waals surface area contributed by atoms with Gasteiger partial charge >= 0.3 is 29.8 Å². The van der Waals surface area contributed by atoms with E-state index >= 15 is 0 Å². The molecule has 70 heavy (non-hydrogen) atoms. The van der Waals surface area contributed by atoms with Gasteiger partial charge in [-0.15, -0.1) is 0 Å². The zero-order valence-electron chi connectivity index (χ0n) is 42.1. The highest BCUT2D eigenvalue weighted by atomic mass is 16.8. The van der Waals surface area contributed by atoms with Crippen LogP contribution in [-0.4, -0.2) is 130 Å². The van der Waals surface area contributed by atoms with Gasteiger partial charge in [0.25, 0.3) is 5.79 Å². The number of hydrogen-bond donors (Lipinski definition) is 2. The van der Waals surface area contributed by atoms with E-state index in [2.05, 4.69) is 5.32 Å². The molecule has 3 aliphatic rings. The monoisotopic (exact) mass is 982 g/mol. The van der Waals surface area contributed by atoms with Crippen LogP contribution in [0.25, 0.3) is 0 Å². The summed E-state index contributed by atoms with van der Waals surface area (Å²) in [5, 5.41) is 11.3. The van der Waals surface area contributed by atoms with Gasteiger partial charge in [-0.25, -0.2) is 14.4 Å². The molecular weight excluding hydrogens is 913 g/mol. The van der Waals surface area contributed by atoms with Crippen molar-refractivity contribution in [2.24, 2.45) is 35.0 Å². The molecule has 0 aromatic heterocycles. The molecule has 3 heterocycles. The molecule has 2 aromatic carbocycles. The maximum Gasteiger partial charge on any atom is 0.366 e. The number of carbonyl (C=O) groups excluding carboxylic acids is 6. The molecule has 3 aliphatic heterocycles. The first kappa shape index (κ1) is 55.5. The molecule has 3 saturated heterocycles. The molecule has 0 bridgehead atoms. The highest BCUT2D eigenvalue weighted by Gasteiger charge is 2.60. The molecule has 1 amide bonds. The Bertz CT molecular complexity index is 2140. The molecule has 386 valence electrons. The molecule has 0 spiro atoms. The Kier molecular flexibility index (Phi) is 19.1. The summed E-state index contributed by atoms with van der Waals surface area (Å²) in [6.45, 7) is 17.3. The molecule has 2 aromatic rings. The van der Waals surface area contributed by atoms with Gasteiger partial charge in [0.1, 0.15) is 44.2 Å². The maximum absolute atomic E-state index is 14.5. The van der Waals surface area contributed by atoms with Gasteiger partial charge in [-0.3, -0.25) is 19.8 Å². The van der Waals surface area contributed by atoms with Crippen molar-refractivity contribution < 1.29 is 80.9 Å². The Morgan fingerprint density at radius 3 is 1.89 bits per heavy atom. The fourth-order valence-corrected chi connectivity index (χ4v) is 9.26. The van der Waals surface area contributed by atoms with Gasteiger partial charge in [-0.1, -0.05) is 84.9 Å². The molecule has 15 atom stereocenters. The molecule has 0 saturated carbocycles. The molecule has 2 N–H and O–H groups in total. The average molecular weight is 983 g/mol. The lowest BCUT2D eigenvalue weighted by Crippen LogP contribution is -2.67. The summed E-state index contributed by atoms with van der Waals surface area (Å²) in [4.78, 5) is 78.5. The third-order valence-corrected chi connectivity index (χ3v) is 13.8. The smallest absolute Gasteiger partial charge is 0.366 e. The number of amides is 1. The number of nitrogens with one attached hydrogen (secondary N) is 2. The minimum Gasteiger partial charge on any atom is -0.465 e. The summed E-state index contributed by atoms with van der Waals surface area (Å²) in [5.74, 6) is -8.86. The van der Waals surface area contributed by atoms with Crippen LogP contribution in [0, 0.1) is 40.4 Å². The highest BCUT2D eigenvalue weighted by molar-refractivity contribution is 5.89. The normalized spacial score (nSPS) is 31.4. The Labute approximate surface area is 409 Å². The zero-order valence-corrected chi connectivity index (χ0v) is 42.1. The summed E-state index contributed by atoms with van der Waals surface area (Å²) in [6, 6.07) is 15.9. The van der Waals surface area contributed by atoms with Gasteiger partial charge in [0.2, 0.25) is 12.2 Å². The fraction of sp³-hybridized carbons (Fsp3) is 0.627. The van der Waals surface area contributed by atoms with Gasteiger partial charge in [-0.2, -0.15) is 0 Å². The van der Waals surface area contributed by atoms with Gasteiger partial charge in [0, 0.05) is 46.0 Å². The van der Waals surface area contributed by atoms with Gasteiger partial charge in [-0.05, 0) is 47.4 Å². The zero-order chi connectivity index (χ0) is 51.7. The van der Waals surface area contributed by atoms with Crippen molar-refractivity contribution in [2.75, 3.05) is 26.9 Å². The largest absolute Gasteiger partial charge is 0.465 e. The molecule has 3 fully saturated rings. The van der Waals surface area contributed by atoms with E-state index < -0.39 is 127 Å². The molecule has 19 nitrogen and oxygen atoms in total. The van der Waals surface area contributed by atoms with Crippen molar-refractivity contribution in [2.45, 2.75) is 144 Å². The minimum absolute atomic E-state index is 0.0552. The summed E-state index contributed by atoms with van der Waals surface area (Å²) in [5.41, 5.74) is -0.165. The first-order valence-corrected chi connectivity index (χ1v) is 23.6. The summed E-state index contributed by atoms with van der Waals surface area (Å²) in [7, 11) is 1.18. The lowest BCUT2D eigenvalue weighted by molar-refractivity contribution is -0.376. The lowest BCUT2D eigenvalue weighted by Gasteiger charge is -2.54. The summed E-state index contributed by atoms with van der Waals surface area (Å²) < 4.78 is 68.3. The van der Waals surface area contributed by atoms with E-state index in [0.717, 1.165) is 0 Å². The van der Waals surface area contributed by atoms with Crippen LogP contribution < -0.4 is 5.32 Å². The third kappa shape index (κ3) is 13.5. The number of methoxy groups -OCH3 is 1. The maximum atomic E-state index is 14.5. The Balaban J connectivity index is 1.62. The standard InChI is InChI=1S/C51H70N2O17/c1-27-23-51(49(59)60-12,69-42(28(27)2)29(3)38(65-35(9)56)24-61-34(8)55)70-43-30(4)47(64-32(6)52)66-39(25-62-45(57)36-19-15-13-16-20-36)44(43)68-48-41(53-33(7)54)31(5)50(10,11)40(67-48)26-63-46(58)37-21-17-14-18-22-37/h13-22,27-31,38-44,47-48,52H,23-26H2,1-12H3,(H,53,54)/t27?,28-,29-,30+,31-,38-,39?,40?,41?,42-,43-,44+,47?,48+,51+/m1/s1. The Morgan fingerprint density at radius 2 is 1.36 bits per heavy atom. The van der Waals surface area contributed by atoms with E-state index in [-0.39, 0.29) is 42.9 Å². The number of benzene rings is 2. The topological polar surface area (TPSA) is 240 Å². The van der Waals surface area contributed by atoms with Crippen molar-refractivity contribution in [3.8, 4) is 0 Å². The number of ether oxygens (including phenoxy) is 11. The van der Waals surface area contributed by atoms with Gasteiger partial charge < -0.3 is 57.4 Å². The van der Waals surface area contributed by atoms with E-state index in [0.29, 0.717) is 5.56 Å². The van der Waals surface area contributed by atoms with Crippen LogP contribution in [0.2, 0.25) is 0 Å². The summed E-state index contributed by atoms with van der Waals surface area (Å²) >= 11 is 0. The third-order valence-electron chi connectivity index (χ3n) is 13.8. The van der Waals surface area contributed by atoms with Gasteiger partial charge in [0.05, 0.1) is 36.5 Å². The Hall–Kier alpha value is -5.47. The quantitative estimate of drug-likeness (QED) is 0.0777. The van der Waals surface area contributed by atoms with Crippen molar-refractivity contribution in [3.05, 3.63) is 71.8 Å². The van der Waals surface area contributed by atoms with Crippen LogP contribution >= 0.6 is 0 Å². The van der Waals surface area contributed by atoms with Crippen molar-refractivity contribution in [1.82, 2.24) is 5.32 Å². The number of hydrogen-bond acceptors (Lipinski definition) is 18. The van der Waals surface area contributed by atoms with E-state index in [9.17, 15) is 28.8 Å². The second-order valence-electron chi connectivity index (χ2n) is 19.2. The van der Waals surface area contributed by atoms with Crippen LogP contribution in [0.5, 0.6) is 0 Å². The molecular formula is C51H70N2O17. The van der Waals surface area contributed by atoms with Crippen LogP contribution in [0.3, 0.4) is 0 Å². The van der Waals surface area contributed by atoms with Crippen molar-refractivity contribution in [3.63, 3.8) is 0 Å². The molecule has 5 rings (SSSR count). The predicted molar refractivity (Wildman–Crippen MR) is 249 cm³/mol. The second kappa shape index (κ2) is 24.1. The van der Waals surface area contributed by atoms with Crippen LogP contribution in [0.1, 0.15) is 103 Å². The highest BCUT2D eigenvalue weighted by Crippen LogP contribution is 2.47. The fourth-order valence-electron chi connectivity index (χ4n) is 9.26. The first-order valence-electron chi connectivity index (χ1n) is 23.6. The number of rotatable bonds is 18.